The van der Waals surface area contributed by atoms with Gasteiger partial charge in [0.05, 0.1) is 43.5 Å². The fourth-order valence-electron chi connectivity index (χ4n) is 4.45. The Morgan fingerprint density at radius 3 is 2.74 bits per heavy atom. The van der Waals surface area contributed by atoms with Gasteiger partial charge in [0, 0.05) is 25.0 Å². The minimum atomic E-state index is -0.408. The number of hydrogen-bond acceptors (Lipinski definition) is 6. The highest BCUT2D eigenvalue weighted by molar-refractivity contribution is 6.10. The Hall–Kier alpha value is -3.36. The Labute approximate surface area is 199 Å². The van der Waals surface area contributed by atoms with Crippen molar-refractivity contribution < 1.29 is 19.0 Å². The van der Waals surface area contributed by atoms with E-state index < -0.39 is 5.60 Å². The highest BCUT2D eigenvalue weighted by atomic mass is 16.5. The normalized spacial score (nSPS) is 17.3. The molecule has 0 saturated carbocycles. The predicted octanol–water partition coefficient (Wildman–Crippen LogP) is 3.81. The van der Waals surface area contributed by atoms with Gasteiger partial charge in [0.25, 0.3) is 5.91 Å². The van der Waals surface area contributed by atoms with Crippen LogP contribution >= 0.6 is 0 Å². The number of nitrogens with zero attached hydrogens (tertiary/aromatic N) is 3. The number of methoxy groups -OCH3 is 1. The summed E-state index contributed by atoms with van der Waals surface area (Å²) in [5.74, 6) is 1.44. The van der Waals surface area contributed by atoms with Crippen molar-refractivity contribution in [3.05, 3.63) is 53.6 Å². The van der Waals surface area contributed by atoms with Crippen LogP contribution in [-0.2, 0) is 11.3 Å². The summed E-state index contributed by atoms with van der Waals surface area (Å²) in [5.41, 5.74) is 1.77. The summed E-state index contributed by atoms with van der Waals surface area (Å²) in [4.78, 5) is 15.7. The van der Waals surface area contributed by atoms with Crippen LogP contribution in [0.25, 0.3) is 17.0 Å². The average Bonchev–Trinajstić information content (AvgIpc) is 3.19. The van der Waals surface area contributed by atoms with Crippen LogP contribution < -0.4 is 14.8 Å². The number of carbonyl (C=O) groups excluding carboxylic acids is 1. The third-order valence-electron chi connectivity index (χ3n) is 6.25. The van der Waals surface area contributed by atoms with Crippen LogP contribution in [0.3, 0.4) is 0 Å². The molecule has 2 aromatic carbocycles. The molecule has 2 aliphatic rings. The number of carbonyl (C=O) groups is 1. The van der Waals surface area contributed by atoms with Gasteiger partial charge >= 0.3 is 0 Å². The quantitative estimate of drug-likeness (QED) is 0.600. The molecule has 2 aliphatic heterocycles. The van der Waals surface area contributed by atoms with Crippen molar-refractivity contribution in [2.45, 2.75) is 26.0 Å². The summed E-state index contributed by atoms with van der Waals surface area (Å²) < 4.78 is 19.1. The minimum absolute atomic E-state index is 0.276. The third-order valence-corrected chi connectivity index (χ3v) is 6.25. The van der Waals surface area contributed by atoms with Crippen LogP contribution in [-0.4, -0.2) is 66.1 Å². The lowest BCUT2D eigenvalue weighted by molar-refractivity contribution is 0.0361. The first-order valence-corrected chi connectivity index (χ1v) is 11.6. The number of fused-ring (bicyclic) bond motifs is 2. The van der Waals surface area contributed by atoms with Gasteiger partial charge in [-0.25, -0.2) is 0 Å². The molecule has 8 heteroatoms. The first kappa shape index (κ1) is 22.4. The summed E-state index contributed by atoms with van der Waals surface area (Å²) >= 11 is 0. The molecule has 1 amide bonds. The summed E-state index contributed by atoms with van der Waals surface area (Å²) in [5, 5.41) is 8.66. The number of benzene rings is 2. The molecule has 8 nitrogen and oxygen atoms in total. The minimum Gasteiger partial charge on any atom is -0.495 e. The molecule has 178 valence electrons. The maximum absolute atomic E-state index is 13.3. The van der Waals surface area contributed by atoms with Gasteiger partial charge in [0.15, 0.2) is 5.82 Å². The van der Waals surface area contributed by atoms with Crippen molar-refractivity contribution in [1.29, 1.82) is 0 Å². The molecular formula is C26H30N4O4. The predicted molar refractivity (Wildman–Crippen MR) is 132 cm³/mol. The number of amides is 1. The van der Waals surface area contributed by atoms with Gasteiger partial charge in [-0.1, -0.05) is 12.1 Å². The fourth-order valence-corrected chi connectivity index (χ4v) is 4.45. The molecule has 1 aromatic heterocycles. The van der Waals surface area contributed by atoms with E-state index in [1.165, 1.54) is 0 Å². The molecule has 1 fully saturated rings. The van der Waals surface area contributed by atoms with Crippen LogP contribution in [0.4, 0.5) is 5.82 Å². The maximum Gasteiger partial charge on any atom is 0.260 e. The Morgan fingerprint density at radius 1 is 1.15 bits per heavy atom. The van der Waals surface area contributed by atoms with Gasteiger partial charge < -0.3 is 19.5 Å². The summed E-state index contributed by atoms with van der Waals surface area (Å²) in [6.45, 7) is 8.97. The smallest absolute Gasteiger partial charge is 0.260 e. The topological polar surface area (TPSA) is 77.9 Å². The number of anilines is 1. The molecule has 3 aromatic rings. The standard InChI is InChI=1S/C26H30N4O4/c1-26(2)11-10-19-22(34-26)9-8-20(23(19)32-3)25(31)27-24-18-6-4-5-7-21(18)30(28-24)13-12-29-14-16-33-17-15-29/h4-11H,12-17H2,1-3H3,(H,27,28,31). The molecule has 0 bridgehead atoms. The van der Waals surface area contributed by atoms with E-state index in [4.69, 9.17) is 19.3 Å². The first-order chi connectivity index (χ1) is 16.4. The fraction of sp³-hybridized carbons (Fsp3) is 0.385. The highest BCUT2D eigenvalue weighted by Gasteiger charge is 2.27. The van der Waals surface area contributed by atoms with Gasteiger partial charge in [-0.15, -0.1) is 0 Å². The van der Waals surface area contributed by atoms with Crippen molar-refractivity contribution in [2.75, 3.05) is 45.3 Å². The number of para-hydroxylation sites is 1. The second-order valence-electron chi connectivity index (χ2n) is 9.09. The van der Waals surface area contributed by atoms with E-state index in [1.807, 2.05) is 61.0 Å². The summed E-state index contributed by atoms with van der Waals surface area (Å²) in [6.07, 6.45) is 3.91. The molecule has 0 unspecified atom stereocenters. The second kappa shape index (κ2) is 9.12. The highest BCUT2D eigenvalue weighted by Crippen LogP contribution is 2.39. The van der Waals surface area contributed by atoms with E-state index in [0.29, 0.717) is 22.9 Å². The SMILES string of the molecule is COc1c(C(=O)Nc2nn(CCN3CCOCC3)c3ccccc23)ccc2c1C=CC(C)(C)O2. The molecule has 0 radical (unpaired) electrons. The molecule has 0 aliphatic carbocycles. The van der Waals surface area contributed by atoms with Crippen molar-refractivity contribution in [2.24, 2.45) is 0 Å². The summed E-state index contributed by atoms with van der Waals surface area (Å²) in [6, 6.07) is 11.5. The molecular weight excluding hydrogens is 432 g/mol. The van der Waals surface area contributed by atoms with Crippen molar-refractivity contribution in [3.8, 4) is 11.5 Å². The lowest BCUT2D eigenvalue weighted by Gasteiger charge is -2.29. The second-order valence-corrected chi connectivity index (χ2v) is 9.09. The lowest BCUT2D eigenvalue weighted by Crippen LogP contribution is -2.38. The third kappa shape index (κ3) is 4.38. The van der Waals surface area contributed by atoms with Gasteiger partial charge in [-0.2, -0.15) is 5.10 Å². The van der Waals surface area contributed by atoms with E-state index in [-0.39, 0.29) is 5.91 Å². The molecule has 5 rings (SSSR count). The number of hydrogen-bond donors (Lipinski definition) is 1. The molecule has 0 atom stereocenters. The van der Waals surface area contributed by atoms with Crippen LogP contribution in [0, 0.1) is 0 Å². The van der Waals surface area contributed by atoms with Gasteiger partial charge in [-0.3, -0.25) is 14.4 Å². The monoisotopic (exact) mass is 462 g/mol. The number of aromatic nitrogens is 2. The number of ether oxygens (including phenoxy) is 3. The molecule has 34 heavy (non-hydrogen) atoms. The molecule has 3 heterocycles. The van der Waals surface area contributed by atoms with Crippen LogP contribution in [0.1, 0.15) is 29.8 Å². The first-order valence-electron chi connectivity index (χ1n) is 11.6. The zero-order valence-corrected chi connectivity index (χ0v) is 19.8. The van der Waals surface area contributed by atoms with E-state index in [0.717, 1.165) is 55.9 Å². The molecule has 1 saturated heterocycles. The molecule has 0 spiro atoms. The Bertz CT molecular complexity index is 1240. The Morgan fingerprint density at radius 2 is 1.94 bits per heavy atom. The maximum atomic E-state index is 13.3. The van der Waals surface area contributed by atoms with E-state index >= 15 is 0 Å². The van der Waals surface area contributed by atoms with Crippen LogP contribution in [0.5, 0.6) is 11.5 Å². The van der Waals surface area contributed by atoms with Crippen molar-refractivity contribution in [1.82, 2.24) is 14.7 Å². The zero-order chi connectivity index (χ0) is 23.7. The van der Waals surface area contributed by atoms with Crippen molar-refractivity contribution >= 4 is 28.7 Å². The van der Waals surface area contributed by atoms with E-state index in [2.05, 4.69) is 10.2 Å². The van der Waals surface area contributed by atoms with Crippen LogP contribution in [0.15, 0.2) is 42.5 Å². The van der Waals surface area contributed by atoms with Gasteiger partial charge in [0.1, 0.15) is 17.1 Å². The Balaban J connectivity index is 1.41. The summed E-state index contributed by atoms with van der Waals surface area (Å²) in [7, 11) is 1.57. The Kier molecular flexibility index (Phi) is 6.02. The van der Waals surface area contributed by atoms with Crippen molar-refractivity contribution in [3.63, 3.8) is 0 Å². The van der Waals surface area contributed by atoms with E-state index in [9.17, 15) is 4.79 Å². The van der Waals surface area contributed by atoms with Gasteiger partial charge in [-0.05, 0) is 50.3 Å². The number of morpholine rings is 1. The molecule has 1 N–H and O–H groups in total. The largest absolute Gasteiger partial charge is 0.495 e. The zero-order valence-electron chi connectivity index (χ0n) is 19.8. The lowest BCUT2D eigenvalue weighted by atomic mass is 9.99. The van der Waals surface area contributed by atoms with Crippen LogP contribution in [0.2, 0.25) is 0 Å². The number of rotatable bonds is 6. The number of nitrogens with one attached hydrogen (secondary N) is 1. The van der Waals surface area contributed by atoms with Gasteiger partial charge in [0.2, 0.25) is 0 Å². The average molecular weight is 463 g/mol. The van der Waals surface area contributed by atoms with E-state index in [1.54, 1.807) is 13.2 Å².